The molecule has 1 aliphatic heterocycles. The minimum atomic E-state index is -0.469. The van der Waals surface area contributed by atoms with E-state index in [4.69, 9.17) is 16.3 Å². The van der Waals surface area contributed by atoms with Gasteiger partial charge in [-0.3, -0.25) is 14.3 Å². The molecule has 0 saturated carbocycles. The number of hydrogen-bond acceptors (Lipinski definition) is 3. The number of nitrogens with zero attached hydrogens (tertiary/aromatic N) is 1. The van der Waals surface area contributed by atoms with Crippen LogP contribution in [0.25, 0.3) is 0 Å². The second-order valence-corrected chi connectivity index (χ2v) is 4.35. The minimum Gasteiger partial charge on any atom is -0.376 e. The Balaban J connectivity index is 2.61. The summed E-state index contributed by atoms with van der Waals surface area (Å²) in [6, 6.07) is -0.202. The third-order valence-electron chi connectivity index (χ3n) is 2.97. The van der Waals surface area contributed by atoms with Crippen LogP contribution in [0, 0.1) is 6.92 Å². The fourth-order valence-electron chi connectivity index (χ4n) is 1.98. The molecule has 0 amide bonds. The van der Waals surface area contributed by atoms with Gasteiger partial charge in [0.05, 0.1) is 12.1 Å². The van der Waals surface area contributed by atoms with E-state index in [1.165, 1.54) is 4.57 Å². The lowest BCUT2D eigenvalue weighted by Gasteiger charge is -2.16. The van der Waals surface area contributed by atoms with Crippen molar-refractivity contribution < 1.29 is 4.74 Å². The number of ether oxygens (including phenoxy) is 1. The van der Waals surface area contributed by atoms with Crippen LogP contribution >= 0.6 is 11.6 Å². The van der Waals surface area contributed by atoms with Crippen LogP contribution in [-0.4, -0.2) is 22.3 Å². The fraction of sp³-hybridized carbons (Fsp3) is 0.600. The lowest BCUT2D eigenvalue weighted by atomic mass is 10.1. The standard InChI is InChI=1S/C10H13ClN2O3/c1-5-8(11)12-10(15)13(9(5)14)7-3-4-16-6(7)2/h6-7H,3-4H2,1-2H3,(H,12,15). The van der Waals surface area contributed by atoms with Crippen LogP contribution < -0.4 is 11.2 Å². The van der Waals surface area contributed by atoms with Gasteiger partial charge in [0.25, 0.3) is 5.56 Å². The van der Waals surface area contributed by atoms with Gasteiger partial charge in [-0.2, -0.15) is 0 Å². The summed E-state index contributed by atoms with van der Waals surface area (Å²) in [7, 11) is 0. The molecule has 0 aliphatic carbocycles. The summed E-state index contributed by atoms with van der Waals surface area (Å²) < 4.78 is 6.56. The van der Waals surface area contributed by atoms with Crippen LogP contribution in [0.15, 0.2) is 9.59 Å². The molecule has 1 fully saturated rings. The molecule has 5 nitrogen and oxygen atoms in total. The molecule has 1 aromatic heterocycles. The van der Waals surface area contributed by atoms with E-state index in [1.54, 1.807) is 6.92 Å². The van der Waals surface area contributed by atoms with Gasteiger partial charge < -0.3 is 4.74 Å². The van der Waals surface area contributed by atoms with Gasteiger partial charge in [-0.15, -0.1) is 0 Å². The third-order valence-corrected chi connectivity index (χ3v) is 3.35. The first-order valence-corrected chi connectivity index (χ1v) is 5.52. The maximum Gasteiger partial charge on any atom is 0.329 e. The fourth-order valence-corrected chi connectivity index (χ4v) is 2.14. The average Bonchev–Trinajstić information content (AvgIpc) is 2.62. The third kappa shape index (κ3) is 1.70. The molecule has 88 valence electrons. The zero-order chi connectivity index (χ0) is 11.9. The maximum absolute atomic E-state index is 11.9. The van der Waals surface area contributed by atoms with Crippen LogP contribution in [0.4, 0.5) is 0 Å². The monoisotopic (exact) mass is 244 g/mol. The van der Waals surface area contributed by atoms with Crippen molar-refractivity contribution in [1.29, 1.82) is 0 Å². The molecular formula is C10H13ClN2O3. The largest absolute Gasteiger partial charge is 0.376 e. The predicted molar refractivity (Wildman–Crippen MR) is 60.1 cm³/mol. The number of aromatic amines is 1. The van der Waals surface area contributed by atoms with Crippen molar-refractivity contribution in [2.75, 3.05) is 6.61 Å². The molecule has 2 rings (SSSR count). The molecule has 1 aromatic rings. The summed E-state index contributed by atoms with van der Waals surface area (Å²) in [6.07, 6.45) is 0.546. The highest BCUT2D eigenvalue weighted by Gasteiger charge is 2.29. The summed E-state index contributed by atoms with van der Waals surface area (Å²) in [4.78, 5) is 26.1. The Hall–Kier alpha value is -1.07. The first-order chi connectivity index (χ1) is 7.52. The molecule has 16 heavy (non-hydrogen) atoms. The number of hydrogen-bond donors (Lipinski definition) is 1. The molecule has 2 atom stereocenters. The van der Waals surface area contributed by atoms with E-state index in [0.717, 1.165) is 0 Å². The Morgan fingerprint density at radius 1 is 1.50 bits per heavy atom. The van der Waals surface area contributed by atoms with Crippen molar-refractivity contribution >= 4 is 11.6 Å². The Kier molecular flexibility index (Phi) is 2.90. The molecule has 1 saturated heterocycles. The zero-order valence-electron chi connectivity index (χ0n) is 9.12. The second kappa shape index (κ2) is 4.07. The van der Waals surface area contributed by atoms with Gasteiger partial charge in [0.1, 0.15) is 5.15 Å². The predicted octanol–water partition coefficient (Wildman–Crippen LogP) is 0.848. The Bertz CT molecular complexity index is 520. The van der Waals surface area contributed by atoms with Crippen molar-refractivity contribution in [3.8, 4) is 0 Å². The molecule has 0 spiro atoms. The van der Waals surface area contributed by atoms with Crippen LogP contribution in [0.1, 0.15) is 24.9 Å². The molecular weight excluding hydrogens is 232 g/mol. The van der Waals surface area contributed by atoms with Crippen molar-refractivity contribution in [3.05, 3.63) is 31.6 Å². The number of H-pyrrole nitrogens is 1. The number of rotatable bonds is 1. The smallest absolute Gasteiger partial charge is 0.329 e. The molecule has 1 N–H and O–H groups in total. The lowest BCUT2D eigenvalue weighted by Crippen LogP contribution is -2.41. The molecule has 1 aliphatic rings. The molecule has 0 bridgehead atoms. The van der Waals surface area contributed by atoms with E-state index >= 15 is 0 Å². The van der Waals surface area contributed by atoms with Crippen molar-refractivity contribution in [1.82, 2.24) is 9.55 Å². The van der Waals surface area contributed by atoms with Crippen LogP contribution in [-0.2, 0) is 4.74 Å². The van der Waals surface area contributed by atoms with Gasteiger partial charge >= 0.3 is 5.69 Å². The molecule has 6 heteroatoms. The lowest BCUT2D eigenvalue weighted by molar-refractivity contribution is 0.106. The average molecular weight is 245 g/mol. The van der Waals surface area contributed by atoms with E-state index in [0.29, 0.717) is 18.6 Å². The molecule has 2 heterocycles. The number of halogens is 1. The maximum atomic E-state index is 11.9. The Morgan fingerprint density at radius 2 is 2.19 bits per heavy atom. The highest BCUT2D eigenvalue weighted by atomic mass is 35.5. The highest BCUT2D eigenvalue weighted by molar-refractivity contribution is 6.30. The molecule has 0 radical (unpaired) electrons. The van der Waals surface area contributed by atoms with Gasteiger partial charge in [-0.1, -0.05) is 11.6 Å². The van der Waals surface area contributed by atoms with Crippen molar-refractivity contribution in [3.63, 3.8) is 0 Å². The molecule has 2 unspecified atom stereocenters. The quantitative estimate of drug-likeness (QED) is 0.745. The minimum absolute atomic E-state index is 0.109. The zero-order valence-corrected chi connectivity index (χ0v) is 9.87. The van der Waals surface area contributed by atoms with E-state index in [-0.39, 0.29) is 22.9 Å². The van der Waals surface area contributed by atoms with Gasteiger partial charge in [0, 0.05) is 12.2 Å². The van der Waals surface area contributed by atoms with E-state index in [1.807, 2.05) is 6.92 Å². The first-order valence-electron chi connectivity index (χ1n) is 5.15. The molecule has 0 aromatic carbocycles. The normalized spacial score (nSPS) is 24.9. The van der Waals surface area contributed by atoms with Gasteiger partial charge in [0.2, 0.25) is 0 Å². The Morgan fingerprint density at radius 3 is 2.75 bits per heavy atom. The number of nitrogens with one attached hydrogen (secondary N) is 1. The SMILES string of the molecule is Cc1c(Cl)[nH]c(=O)n(C2CCOC2C)c1=O. The summed E-state index contributed by atoms with van der Waals surface area (Å²) in [5.41, 5.74) is -0.445. The second-order valence-electron chi connectivity index (χ2n) is 3.98. The van der Waals surface area contributed by atoms with Gasteiger partial charge in [0.15, 0.2) is 0 Å². The van der Waals surface area contributed by atoms with Gasteiger partial charge in [-0.25, -0.2) is 4.79 Å². The van der Waals surface area contributed by atoms with E-state index in [9.17, 15) is 9.59 Å². The van der Waals surface area contributed by atoms with Crippen LogP contribution in [0.2, 0.25) is 5.15 Å². The van der Waals surface area contributed by atoms with Crippen LogP contribution in [0.5, 0.6) is 0 Å². The summed E-state index contributed by atoms with van der Waals surface area (Å²) in [5.74, 6) is 0. The summed E-state index contributed by atoms with van der Waals surface area (Å²) in [5, 5.41) is 0.109. The first kappa shape index (κ1) is 11.4. The van der Waals surface area contributed by atoms with E-state index < -0.39 is 5.69 Å². The van der Waals surface area contributed by atoms with Crippen molar-refractivity contribution in [2.24, 2.45) is 0 Å². The van der Waals surface area contributed by atoms with Gasteiger partial charge in [-0.05, 0) is 20.3 Å². The van der Waals surface area contributed by atoms with Crippen molar-refractivity contribution in [2.45, 2.75) is 32.4 Å². The topological polar surface area (TPSA) is 64.1 Å². The summed E-state index contributed by atoms with van der Waals surface area (Å²) >= 11 is 5.73. The summed E-state index contributed by atoms with van der Waals surface area (Å²) in [6.45, 7) is 4.02. The highest BCUT2D eigenvalue weighted by Crippen LogP contribution is 2.23. The number of aromatic nitrogens is 2. The van der Waals surface area contributed by atoms with E-state index in [2.05, 4.69) is 4.98 Å². The van der Waals surface area contributed by atoms with Crippen LogP contribution in [0.3, 0.4) is 0 Å². The Labute approximate surface area is 97.0 Å².